The predicted octanol–water partition coefficient (Wildman–Crippen LogP) is 3.87. The Morgan fingerprint density at radius 2 is 1.62 bits per heavy atom. The molecule has 0 aliphatic heterocycles. The van der Waals surface area contributed by atoms with E-state index in [0.29, 0.717) is 17.3 Å². The van der Waals surface area contributed by atoms with Gasteiger partial charge in [-0.15, -0.1) is 0 Å². The van der Waals surface area contributed by atoms with Gasteiger partial charge in [0.2, 0.25) is 0 Å². The highest BCUT2D eigenvalue weighted by Gasteiger charge is 2.16. The van der Waals surface area contributed by atoms with Crippen molar-refractivity contribution in [2.24, 2.45) is 0 Å². The van der Waals surface area contributed by atoms with Crippen molar-refractivity contribution in [1.82, 2.24) is 4.98 Å². The zero-order valence-corrected chi connectivity index (χ0v) is 16.3. The Labute approximate surface area is 169 Å². The van der Waals surface area contributed by atoms with Crippen LogP contribution in [0, 0.1) is 0 Å². The van der Waals surface area contributed by atoms with E-state index in [2.05, 4.69) is 15.0 Å². The summed E-state index contributed by atoms with van der Waals surface area (Å²) < 4.78 is 10.4. The molecule has 3 aromatic rings. The molecule has 1 atom stereocenters. The number of rotatable bonds is 7. The summed E-state index contributed by atoms with van der Waals surface area (Å²) in [6.07, 6.45) is -0.677. The summed E-state index contributed by atoms with van der Waals surface area (Å²) >= 11 is 0. The first-order valence-electron chi connectivity index (χ1n) is 9.21. The Balaban J connectivity index is 1.59. The number of carbonyl (C=O) groups excluding carboxylic acids is 2. The Morgan fingerprint density at radius 3 is 2.31 bits per heavy atom. The van der Waals surface area contributed by atoms with Crippen LogP contribution >= 0.6 is 0 Å². The number of nitrogens with zero attached hydrogens (tertiary/aromatic N) is 1. The average Bonchev–Trinajstić information content (AvgIpc) is 2.75. The fourth-order valence-corrected chi connectivity index (χ4v) is 2.71. The minimum Gasteiger partial charge on any atom is -0.481 e. The third kappa shape index (κ3) is 5.65. The maximum atomic E-state index is 12.4. The number of aromatic nitrogens is 1. The molecular weight excluding hydrogens is 368 g/mol. The van der Waals surface area contributed by atoms with E-state index in [1.807, 2.05) is 54.6 Å². The number of amides is 1. The molecule has 6 heteroatoms. The fraction of sp³-hybridized carbons (Fsp3) is 0.174. The maximum absolute atomic E-state index is 12.4. The molecule has 2 aromatic carbocycles. The number of hydrogen-bond donors (Lipinski definition) is 1. The van der Waals surface area contributed by atoms with Crippen molar-refractivity contribution in [3.05, 3.63) is 78.5 Å². The number of ether oxygens (including phenoxy) is 2. The number of pyridine rings is 1. The van der Waals surface area contributed by atoms with Crippen LogP contribution in [0.4, 0.5) is 5.82 Å². The lowest BCUT2D eigenvalue weighted by Gasteiger charge is -2.15. The molecule has 0 saturated heterocycles. The fourth-order valence-electron chi connectivity index (χ4n) is 2.71. The van der Waals surface area contributed by atoms with Gasteiger partial charge >= 0.3 is 5.97 Å². The van der Waals surface area contributed by atoms with E-state index >= 15 is 0 Å². The Hall–Kier alpha value is -3.67. The number of anilines is 1. The molecule has 0 radical (unpaired) electrons. The van der Waals surface area contributed by atoms with Crippen molar-refractivity contribution in [3.63, 3.8) is 0 Å². The highest BCUT2D eigenvalue weighted by molar-refractivity contribution is 5.93. The topological polar surface area (TPSA) is 77.5 Å². The van der Waals surface area contributed by atoms with Crippen LogP contribution in [-0.4, -0.2) is 30.1 Å². The van der Waals surface area contributed by atoms with Crippen LogP contribution in [0.2, 0.25) is 0 Å². The van der Waals surface area contributed by atoms with Crippen LogP contribution in [-0.2, 0) is 20.7 Å². The summed E-state index contributed by atoms with van der Waals surface area (Å²) in [5.41, 5.74) is 2.70. The zero-order chi connectivity index (χ0) is 20.6. The number of nitrogens with one attached hydrogen (secondary N) is 1. The molecule has 0 spiro atoms. The highest BCUT2D eigenvalue weighted by Crippen LogP contribution is 2.22. The van der Waals surface area contributed by atoms with Crippen LogP contribution in [0.5, 0.6) is 5.75 Å². The third-order valence-corrected chi connectivity index (χ3v) is 4.25. The van der Waals surface area contributed by atoms with Gasteiger partial charge in [-0.2, -0.15) is 0 Å². The zero-order valence-electron chi connectivity index (χ0n) is 16.3. The smallest absolute Gasteiger partial charge is 0.311 e. The van der Waals surface area contributed by atoms with Crippen LogP contribution in [0.15, 0.2) is 72.8 Å². The van der Waals surface area contributed by atoms with Gasteiger partial charge in [0.15, 0.2) is 6.10 Å². The van der Waals surface area contributed by atoms with E-state index in [-0.39, 0.29) is 12.3 Å². The number of carbonyl (C=O) groups is 2. The van der Waals surface area contributed by atoms with E-state index in [9.17, 15) is 9.59 Å². The van der Waals surface area contributed by atoms with Crippen molar-refractivity contribution < 1.29 is 19.1 Å². The SMILES string of the molecule is COC(=O)Cc1cccc(NC(=O)C(C)Oc2ccc(-c3ccccc3)cc2)n1. The van der Waals surface area contributed by atoms with Crippen molar-refractivity contribution >= 4 is 17.7 Å². The maximum Gasteiger partial charge on any atom is 0.311 e. The number of hydrogen-bond acceptors (Lipinski definition) is 5. The van der Waals surface area contributed by atoms with E-state index in [4.69, 9.17) is 4.74 Å². The minimum absolute atomic E-state index is 0.0417. The van der Waals surface area contributed by atoms with Crippen molar-refractivity contribution in [3.8, 4) is 16.9 Å². The van der Waals surface area contributed by atoms with Crippen molar-refractivity contribution in [2.75, 3.05) is 12.4 Å². The van der Waals surface area contributed by atoms with Crippen LogP contribution in [0.1, 0.15) is 12.6 Å². The van der Waals surface area contributed by atoms with Gasteiger partial charge in [-0.1, -0.05) is 48.5 Å². The second kappa shape index (κ2) is 9.50. The first-order valence-corrected chi connectivity index (χ1v) is 9.21. The van der Waals surface area contributed by atoms with Gasteiger partial charge in [0.05, 0.1) is 19.2 Å². The molecular formula is C23H22N2O4. The predicted molar refractivity (Wildman–Crippen MR) is 111 cm³/mol. The summed E-state index contributed by atoms with van der Waals surface area (Å²) in [6.45, 7) is 1.67. The van der Waals surface area contributed by atoms with Crippen LogP contribution in [0.25, 0.3) is 11.1 Å². The lowest BCUT2D eigenvalue weighted by Crippen LogP contribution is -2.30. The molecule has 0 bridgehead atoms. The molecule has 0 aliphatic rings. The van der Waals surface area contributed by atoms with Crippen LogP contribution in [0.3, 0.4) is 0 Å². The molecule has 1 amide bonds. The van der Waals surface area contributed by atoms with Gasteiger partial charge in [-0.25, -0.2) is 4.98 Å². The quantitative estimate of drug-likeness (QED) is 0.620. The molecule has 1 N–H and O–H groups in total. The second-order valence-electron chi connectivity index (χ2n) is 6.41. The van der Waals surface area contributed by atoms with Gasteiger partial charge in [0.25, 0.3) is 5.91 Å². The summed E-state index contributed by atoms with van der Waals surface area (Å²) in [5, 5.41) is 2.70. The normalized spacial score (nSPS) is 11.4. The van der Waals surface area contributed by atoms with Gasteiger partial charge in [-0.3, -0.25) is 9.59 Å². The van der Waals surface area contributed by atoms with Gasteiger partial charge < -0.3 is 14.8 Å². The molecule has 1 unspecified atom stereocenters. The summed E-state index contributed by atoms with van der Waals surface area (Å²) in [4.78, 5) is 28.0. The first-order chi connectivity index (χ1) is 14.0. The third-order valence-electron chi connectivity index (χ3n) is 4.25. The largest absolute Gasteiger partial charge is 0.481 e. The molecule has 29 heavy (non-hydrogen) atoms. The Bertz CT molecular complexity index is 972. The second-order valence-corrected chi connectivity index (χ2v) is 6.41. The highest BCUT2D eigenvalue weighted by atomic mass is 16.5. The lowest BCUT2D eigenvalue weighted by atomic mass is 10.1. The number of methoxy groups -OCH3 is 1. The molecule has 0 saturated carbocycles. The molecule has 6 nitrogen and oxygen atoms in total. The van der Waals surface area contributed by atoms with E-state index in [0.717, 1.165) is 11.1 Å². The van der Waals surface area contributed by atoms with Gasteiger partial charge in [0, 0.05) is 0 Å². The Kier molecular flexibility index (Phi) is 6.58. The Morgan fingerprint density at radius 1 is 0.931 bits per heavy atom. The molecule has 1 heterocycles. The molecule has 0 fully saturated rings. The molecule has 0 aliphatic carbocycles. The van der Waals surface area contributed by atoms with E-state index in [1.54, 1.807) is 25.1 Å². The van der Waals surface area contributed by atoms with Crippen LogP contribution < -0.4 is 10.1 Å². The molecule has 1 aromatic heterocycles. The van der Waals surface area contributed by atoms with Gasteiger partial charge in [0.1, 0.15) is 11.6 Å². The summed E-state index contributed by atoms with van der Waals surface area (Å²) in [6, 6.07) is 22.7. The summed E-state index contributed by atoms with van der Waals surface area (Å²) in [7, 11) is 1.32. The first kappa shape index (κ1) is 20.1. The van der Waals surface area contributed by atoms with Crippen molar-refractivity contribution in [1.29, 1.82) is 0 Å². The number of benzene rings is 2. The van der Waals surface area contributed by atoms with E-state index in [1.165, 1.54) is 7.11 Å². The van der Waals surface area contributed by atoms with Crippen molar-refractivity contribution in [2.45, 2.75) is 19.4 Å². The number of esters is 1. The van der Waals surface area contributed by atoms with Gasteiger partial charge in [-0.05, 0) is 42.3 Å². The minimum atomic E-state index is -0.719. The molecule has 148 valence electrons. The molecule has 3 rings (SSSR count). The van der Waals surface area contributed by atoms with E-state index < -0.39 is 12.1 Å². The summed E-state index contributed by atoms with van der Waals surface area (Å²) in [5.74, 6) is 0.225. The standard InChI is InChI=1S/C23H22N2O4/c1-16(23(27)25-21-10-6-9-19(24-21)15-22(26)28-2)29-20-13-11-18(12-14-20)17-7-4-3-5-8-17/h3-14,16H,15H2,1-2H3,(H,24,25,27). The average molecular weight is 390 g/mol. The lowest BCUT2D eigenvalue weighted by molar-refractivity contribution is -0.139. The monoisotopic (exact) mass is 390 g/mol.